The fourth-order valence-corrected chi connectivity index (χ4v) is 6.67. The van der Waals surface area contributed by atoms with E-state index in [0.29, 0.717) is 10.8 Å². The van der Waals surface area contributed by atoms with Gasteiger partial charge in [0.1, 0.15) is 0 Å². The number of unbranched alkanes of at least 4 members (excludes halogenated alkanes) is 1. The Hall–Kier alpha value is -2.08. The van der Waals surface area contributed by atoms with Gasteiger partial charge < -0.3 is 0 Å². The van der Waals surface area contributed by atoms with Crippen LogP contribution in [0.3, 0.4) is 0 Å². The average molecular weight is 543 g/mol. The highest BCUT2D eigenvalue weighted by atomic mass is 14.4. The van der Waals surface area contributed by atoms with Crippen LogP contribution in [0, 0.1) is 16.7 Å². The van der Waals surface area contributed by atoms with Gasteiger partial charge in [0.15, 0.2) is 0 Å². The molecule has 0 saturated carbocycles. The lowest BCUT2D eigenvalue weighted by atomic mass is 9.67. The molecule has 0 spiro atoms. The zero-order chi connectivity index (χ0) is 29.8. The van der Waals surface area contributed by atoms with Crippen molar-refractivity contribution in [3.8, 4) is 0 Å². The van der Waals surface area contributed by atoms with Crippen LogP contribution in [0.1, 0.15) is 140 Å². The molecule has 0 unspecified atom stereocenters. The van der Waals surface area contributed by atoms with Crippen molar-refractivity contribution in [1.29, 1.82) is 0 Å². The number of hydrogen-bond donors (Lipinski definition) is 0. The summed E-state index contributed by atoms with van der Waals surface area (Å²) in [6.45, 7) is 23.4. The number of rotatable bonds is 13. The second-order valence-electron chi connectivity index (χ2n) is 14.3. The third-order valence-electron chi connectivity index (χ3n) is 9.50. The fraction of sp³-hybridized carbons (Fsp3) is 0.600. The Morgan fingerprint density at radius 3 is 2.20 bits per heavy atom. The van der Waals surface area contributed by atoms with Crippen LogP contribution in [0.2, 0.25) is 0 Å². The Labute approximate surface area is 249 Å². The maximum Gasteiger partial charge on any atom is -0.0104 e. The Morgan fingerprint density at radius 1 is 0.825 bits per heavy atom. The predicted molar refractivity (Wildman–Crippen MR) is 182 cm³/mol. The summed E-state index contributed by atoms with van der Waals surface area (Å²) in [5.41, 5.74) is 11.2. The molecule has 0 fully saturated rings. The van der Waals surface area contributed by atoms with E-state index in [2.05, 4.69) is 124 Å². The lowest BCUT2D eigenvalue weighted by Gasteiger charge is -2.38. The summed E-state index contributed by atoms with van der Waals surface area (Å²) in [7, 11) is 0. The Bertz CT molecular complexity index is 1070. The summed E-state index contributed by atoms with van der Waals surface area (Å²) in [5.74, 6) is 0.727. The van der Waals surface area contributed by atoms with Gasteiger partial charge in [-0.05, 0) is 134 Å². The van der Waals surface area contributed by atoms with Gasteiger partial charge in [0, 0.05) is 0 Å². The summed E-state index contributed by atoms with van der Waals surface area (Å²) in [6, 6.07) is 0. The molecular weight excluding hydrogens is 480 g/mol. The monoisotopic (exact) mass is 542 g/mol. The molecule has 40 heavy (non-hydrogen) atoms. The second kappa shape index (κ2) is 16.4. The minimum atomic E-state index is 0.319. The predicted octanol–water partition coefficient (Wildman–Crippen LogP) is 13.1. The molecule has 0 amide bonds. The average Bonchev–Trinajstić information content (AvgIpc) is 2.85. The van der Waals surface area contributed by atoms with Crippen LogP contribution in [0.25, 0.3) is 0 Å². The molecule has 0 saturated heterocycles. The molecule has 0 aliphatic heterocycles. The van der Waals surface area contributed by atoms with E-state index in [0.717, 1.165) is 31.6 Å². The molecular formula is C40H62. The normalized spacial score (nSPS) is 22.9. The van der Waals surface area contributed by atoms with Crippen LogP contribution in [-0.4, -0.2) is 0 Å². The van der Waals surface area contributed by atoms with Crippen molar-refractivity contribution in [1.82, 2.24) is 0 Å². The van der Waals surface area contributed by atoms with Gasteiger partial charge in [-0.2, -0.15) is 0 Å². The Morgan fingerprint density at radius 2 is 1.50 bits per heavy atom. The van der Waals surface area contributed by atoms with Gasteiger partial charge in [0.25, 0.3) is 0 Å². The van der Waals surface area contributed by atoms with Crippen molar-refractivity contribution in [2.24, 2.45) is 16.7 Å². The third kappa shape index (κ3) is 11.8. The van der Waals surface area contributed by atoms with Gasteiger partial charge in [0.2, 0.25) is 0 Å². The van der Waals surface area contributed by atoms with Crippen LogP contribution >= 0.6 is 0 Å². The lowest BCUT2D eigenvalue weighted by Crippen LogP contribution is -2.27. The number of hydrogen-bond acceptors (Lipinski definition) is 0. The largest absolute Gasteiger partial charge is 0.0853 e. The molecule has 0 aromatic heterocycles. The molecule has 2 aliphatic carbocycles. The molecule has 2 rings (SSSR count). The molecule has 0 aromatic rings. The highest BCUT2D eigenvalue weighted by Gasteiger charge is 2.32. The van der Waals surface area contributed by atoms with E-state index in [1.54, 1.807) is 16.7 Å². The molecule has 0 N–H and O–H groups in total. The number of allylic oxidation sites excluding steroid dienone is 16. The van der Waals surface area contributed by atoms with E-state index >= 15 is 0 Å². The fourth-order valence-electron chi connectivity index (χ4n) is 6.67. The lowest BCUT2D eigenvalue weighted by molar-refractivity contribution is 0.204. The molecule has 222 valence electrons. The smallest absolute Gasteiger partial charge is 0.0104 e. The van der Waals surface area contributed by atoms with Crippen LogP contribution in [0.15, 0.2) is 93.7 Å². The minimum Gasteiger partial charge on any atom is -0.0853 e. The zero-order valence-electron chi connectivity index (χ0n) is 28.1. The quantitative estimate of drug-likeness (QED) is 0.123. The maximum atomic E-state index is 2.47. The SMILES string of the molecule is CC1=CCCC(C)(C)[C@H]1CC/C(C)=C/C=C\C(C)=C\CC/C=C(\C)CC/C=C(C)/C=C/C1=C(C)CCCC1(C)C. The van der Waals surface area contributed by atoms with Crippen molar-refractivity contribution in [3.05, 3.63) is 93.7 Å². The highest BCUT2D eigenvalue weighted by Crippen LogP contribution is 2.44. The van der Waals surface area contributed by atoms with E-state index in [-0.39, 0.29) is 0 Å². The Kier molecular flexibility index (Phi) is 14.0. The van der Waals surface area contributed by atoms with Gasteiger partial charge in [-0.15, -0.1) is 0 Å². The van der Waals surface area contributed by atoms with Crippen molar-refractivity contribution >= 4 is 0 Å². The van der Waals surface area contributed by atoms with Crippen molar-refractivity contribution in [2.75, 3.05) is 0 Å². The van der Waals surface area contributed by atoms with Crippen LogP contribution in [0.5, 0.6) is 0 Å². The van der Waals surface area contributed by atoms with E-state index in [1.165, 1.54) is 67.2 Å². The summed E-state index contributed by atoms with van der Waals surface area (Å²) >= 11 is 0. The van der Waals surface area contributed by atoms with Crippen molar-refractivity contribution in [2.45, 2.75) is 140 Å². The first kappa shape index (κ1) is 34.1. The van der Waals surface area contributed by atoms with Gasteiger partial charge >= 0.3 is 0 Å². The molecule has 1 atom stereocenters. The van der Waals surface area contributed by atoms with Gasteiger partial charge in [-0.1, -0.05) is 116 Å². The minimum absolute atomic E-state index is 0.319. The summed E-state index contributed by atoms with van der Waals surface area (Å²) in [6.07, 6.45) is 34.7. The molecule has 0 bridgehead atoms. The van der Waals surface area contributed by atoms with Gasteiger partial charge in [-0.3, -0.25) is 0 Å². The molecule has 0 heteroatoms. The van der Waals surface area contributed by atoms with E-state index in [9.17, 15) is 0 Å². The zero-order valence-corrected chi connectivity index (χ0v) is 28.1. The van der Waals surface area contributed by atoms with Crippen LogP contribution < -0.4 is 0 Å². The first-order valence-corrected chi connectivity index (χ1v) is 16.2. The second-order valence-corrected chi connectivity index (χ2v) is 14.3. The molecule has 0 radical (unpaired) electrons. The summed E-state index contributed by atoms with van der Waals surface area (Å²) in [5, 5.41) is 0. The van der Waals surface area contributed by atoms with Crippen LogP contribution in [0.4, 0.5) is 0 Å². The first-order valence-electron chi connectivity index (χ1n) is 16.2. The van der Waals surface area contributed by atoms with E-state index < -0.39 is 0 Å². The van der Waals surface area contributed by atoms with E-state index in [4.69, 9.17) is 0 Å². The highest BCUT2D eigenvalue weighted by molar-refractivity contribution is 5.36. The summed E-state index contributed by atoms with van der Waals surface area (Å²) in [4.78, 5) is 0. The van der Waals surface area contributed by atoms with Gasteiger partial charge in [0.05, 0.1) is 0 Å². The van der Waals surface area contributed by atoms with Crippen molar-refractivity contribution in [3.63, 3.8) is 0 Å². The third-order valence-corrected chi connectivity index (χ3v) is 9.50. The standard InChI is InChI=1S/C40H62/c1-31(19-13-21-33(3)25-27-37-35(5)23-15-29-39(37,7)8)17-11-12-18-32(2)20-14-22-34(4)26-28-38-36(6)24-16-30-40(38,9)10/h13,17-19,21-23,26,28,37H,11-12,14-16,20,24-25,27,29-30H2,1-10H3/b19-13-,28-26+,31-17+,32-18+,33-21+,34-22+/t37-/m0/s1. The van der Waals surface area contributed by atoms with Crippen molar-refractivity contribution < 1.29 is 0 Å². The molecule has 0 heterocycles. The molecule has 0 nitrogen and oxygen atoms in total. The topological polar surface area (TPSA) is 0 Å². The van der Waals surface area contributed by atoms with E-state index in [1.807, 2.05) is 0 Å². The summed E-state index contributed by atoms with van der Waals surface area (Å²) < 4.78 is 0. The van der Waals surface area contributed by atoms with Crippen LogP contribution in [-0.2, 0) is 0 Å². The Balaban J connectivity index is 1.72. The van der Waals surface area contributed by atoms with Gasteiger partial charge in [-0.25, -0.2) is 0 Å². The first-order chi connectivity index (χ1) is 18.8. The molecule has 2 aliphatic rings. The molecule has 0 aromatic carbocycles. The maximum absolute atomic E-state index is 2.47.